The van der Waals surface area contributed by atoms with E-state index in [4.69, 9.17) is 31.5 Å². The summed E-state index contributed by atoms with van der Waals surface area (Å²) >= 11 is 5.99. The van der Waals surface area contributed by atoms with Gasteiger partial charge in [0, 0.05) is 36.4 Å². The van der Waals surface area contributed by atoms with Crippen molar-refractivity contribution in [1.82, 2.24) is 29.7 Å². The molecule has 4 heterocycles. The first-order valence-corrected chi connectivity index (χ1v) is 13.5. The highest BCUT2D eigenvalue weighted by molar-refractivity contribution is 6.30. The number of benzene rings is 1. The van der Waals surface area contributed by atoms with Crippen molar-refractivity contribution in [3.05, 3.63) is 41.9 Å². The number of ether oxygens (including phenoxy) is 3. The van der Waals surface area contributed by atoms with Crippen molar-refractivity contribution in [2.45, 2.75) is 70.5 Å². The minimum atomic E-state index is -0.747. The van der Waals surface area contributed by atoms with Crippen LogP contribution in [0.25, 0.3) is 11.2 Å². The fourth-order valence-electron chi connectivity index (χ4n) is 5.10. The smallest absolute Gasteiger partial charge is 0.319 e. The summed E-state index contributed by atoms with van der Waals surface area (Å²) in [5, 5.41) is 6.27. The zero-order valence-electron chi connectivity index (χ0n) is 22.5. The van der Waals surface area contributed by atoms with E-state index in [1.807, 2.05) is 18.4 Å². The molecule has 2 amide bonds. The Bertz CT molecular complexity index is 1320. The number of amides is 2. The molecule has 4 atom stereocenters. The highest BCUT2D eigenvalue weighted by Gasteiger charge is 2.56. The summed E-state index contributed by atoms with van der Waals surface area (Å²) in [6.07, 6.45) is 2.49. The molecule has 0 radical (unpaired) electrons. The van der Waals surface area contributed by atoms with Crippen LogP contribution in [0.5, 0.6) is 0 Å². The Kier molecular flexibility index (Phi) is 7.92. The molecule has 2 aliphatic heterocycles. The lowest BCUT2D eigenvalue weighted by atomic mass is 10.1. The van der Waals surface area contributed by atoms with Crippen LogP contribution in [0.2, 0.25) is 5.02 Å². The number of rotatable bonds is 9. The number of nitrogens with two attached hydrogens (primary N) is 1. The van der Waals surface area contributed by atoms with Crippen molar-refractivity contribution in [1.29, 1.82) is 0 Å². The maximum absolute atomic E-state index is 12.3. The molecule has 2 fully saturated rings. The van der Waals surface area contributed by atoms with Crippen LogP contribution in [0.4, 0.5) is 16.3 Å². The lowest BCUT2D eigenvalue weighted by Gasteiger charge is -2.31. The predicted molar refractivity (Wildman–Crippen MR) is 147 cm³/mol. The summed E-state index contributed by atoms with van der Waals surface area (Å²) < 4.78 is 21.0. The van der Waals surface area contributed by atoms with Crippen LogP contribution in [0.1, 0.15) is 40.3 Å². The van der Waals surface area contributed by atoms with Gasteiger partial charge in [-0.2, -0.15) is 0 Å². The monoisotopic (exact) mass is 558 g/mol. The fraction of sp³-hybridized carbons (Fsp3) is 0.538. The molecule has 2 aromatic heterocycles. The number of aromatic nitrogens is 4. The molecule has 0 spiro atoms. The SMILES string of the molecule is CC(C)N(CCCNC(=O)Nc1cccc(Cl)c1)CC1OC(n2cnc3c(N)ncnc32)C2OC(C)(C)OC12. The lowest BCUT2D eigenvalue weighted by Crippen LogP contribution is -2.44. The summed E-state index contributed by atoms with van der Waals surface area (Å²) in [6, 6.07) is 7.02. The summed E-state index contributed by atoms with van der Waals surface area (Å²) in [5.41, 5.74) is 7.76. The van der Waals surface area contributed by atoms with Gasteiger partial charge in [0.2, 0.25) is 0 Å². The number of nitrogens with one attached hydrogen (secondary N) is 2. The molecule has 4 N–H and O–H groups in total. The molecule has 5 rings (SSSR count). The number of halogens is 1. The quantitative estimate of drug-likeness (QED) is 0.337. The van der Waals surface area contributed by atoms with Gasteiger partial charge in [0.1, 0.15) is 30.2 Å². The summed E-state index contributed by atoms with van der Waals surface area (Å²) in [6.45, 7) is 10.0. The maximum atomic E-state index is 12.3. The molecule has 210 valence electrons. The maximum Gasteiger partial charge on any atom is 0.319 e. The van der Waals surface area contributed by atoms with Gasteiger partial charge in [-0.1, -0.05) is 17.7 Å². The number of imidazole rings is 1. The lowest BCUT2D eigenvalue weighted by molar-refractivity contribution is -0.198. The van der Waals surface area contributed by atoms with Gasteiger partial charge in [-0.25, -0.2) is 19.7 Å². The number of anilines is 2. The van der Waals surface area contributed by atoms with Crippen LogP contribution in [0.15, 0.2) is 36.9 Å². The van der Waals surface area contributed by atoms with Crippen LogP contribution in [0, 0.1) is 0 Å². The van der Waals surface area contributed by atoms with Crippen LogP contribution in [-0.4, -0.2) is 80.2 Å². The molecule has 13 heteroatoms. The zero-order valence-corrected chi connectivity index (χ0v) is 23.3. The molecular formula is C26H35ClN8O4. The van der Waals surface area contributed by atoms with Gasteiger partial charge in [0.05, 0.1) is 6.33 Å². The van der Waals surface area contributed by atoms with E-state index in [-0.39, 0.29) is 30.4 Å². The second-order valence-corrected chi connectivity index (χ2v) is 11.0. The Morgan fingerprint density at radius 1 is 1.23 bits per heavy atom. The number of hydrogen-bond acceptors (Lipinski definition) is 9. The Morgan fingerprint density at radius 3 is 2.79 bits per heavy atom. The second kappa shape index (κ2) is 11.2. The highest BCUT2D eigenvalue weighted by Crippen LogP contribution is 2.44. The third kappa shape index (κ3) is 6.10. The van der Waals surface area contributed by atoms with Crippen molar-refractivity contribution in [2.75, 3.05) is 30.7 Å². The van der Waals surface area contributed by atoms with Gasteiger partial charge in [-0.3, -0.25) is 9.47 Å². The van der Waals surface area contributed by atoms with Crippen LogP contribution in [-0.2, 0) is 14.2 Å². The number of urea groups is 1. The Morgan fingerprint density at radius 2 is 2.03 bits per heavy atom. The van der Waals surface area contributed by atoms with Gasteiger partial charge in [-0.15, -0.1) is 0 Å². The van der Waals surface area contributed by atoms with Gasteiger partial charge >= 0.3 is 6.03 Å². The molecule has 2 aliphatic rings. The van der Waals surface area contributed by atoms with Crippen molar-refractivity contribution >= 4 is 40.3 Å². The van der Waals surface area contributed by atoms with Crippen LogP contribution >= 0.6 is 11.6 Å². The summed E-state index contributed by atoms with van der Waals surface area (Å²) in [4.78, 5) is 27.4. The molecule has 0 saturated carbocycles. The van der Waals surface area contributed by atoms with E-state index >= 15 is 0 Å². The first-order valence-electron chi connectivity index (χ1n) is 13.1. The molecular weight excluding hydrogens is 524 g/mol. The van der Waals surface area contributed by atoms with E-state index in [9.17, 15) is 4.79 Å². The van der Waals surface area contributed by atoms with Crippen molar-refractivity contribution < 1.29 is 19.0 Å². The molecule has 0 bridgehead atoms. The van der Waals surface area contributed by atoms with E-state index in [0.29, 0.717) is 40.8 Å². The van der Waals surface area contributed by atoms with Gasteiger partial charge in [-0.05, 0) is 52.3 Å². The van der Waals surface area contributed by atoms with Crippen LogP contribution in [0.3, 0.4) is 0 Å². The molecule has 12 nitrogen and oxygen atoms in total. The van der Waals surface area contributed by atoms with Crippen molar-refractivity contribution in [3.63, 3.8) is 0 Å². The van der Waals surface area contributed by atoms with Gasteiger partial charge in [0.25, 0.3) is 0 Å². The predicted octanol–water partition coefficient (Wildman–Crippen LogP) is 3.40. The van der Waals surface area contributed by atoms with Crippen molar-refractivity contribution in [2.24, 2.45) is 0 Å². The Balaban J connectivity index is 1.21. The number of nitrogen functional groups attached to an aromatic ring is 1. The van der Waals surface area contributed by atoms with Gasteiger partial charge in [0.15, 0.2) is 23.5 Å². The summed E-state index contributed by atoms with van der Waals surface area (Å²) in [7, 11) is 0. The largest absolute Gasteiger partial charge is 0.382 e. The number of carbonyl (C=O) groups excluding carboxylic acids is 1. The minimum absolute atomic E-state index is 0.250. The number of hydrogen-bond donors (Lipinski definition) is 3. The van der Waals surface area contributed by atoms with E-state index in [0.717, 1.165) is 13.0 Å². The molecule has 0 aliphatic carbocycles. The first kappa shape index (κ1) is 27.5. The van der Waals surface area contributed by atoms with E-state index in [1.165, 1.54) is 6.33 Å². The number of carbonyl (C=O) groups is 1. The third-order valence-electron chi connectivity index (χ3n) is 6.92. The summed E-state index contributed by atoms with van der Waals surface area (Å²) in [5.74, 6) is -0.433. The Labute approximate surface area is 232 Å². The molecule has 3 aromatic rings. The topological polar surface area (TPSA) is 142 Å². The average molecular weight is 559 g/mol. The van der Waals surface area contributed by atoms with Gasteiger partial charge < -0.3 is 30.6 Å². The standard InChI is InChI=1S/C26H35ClN8O4/c1-15(2)34(10-6-9-29-25(36)33-17-8-5-7-16(27)11-17)12-18-20-21(39-26(3,4)38-20)24(37-18)35-14-32-19-22(28)30-13-31-23(19)35/h5,7-8,11,13-15,18,20-21,24H,6,9-10,12H2,1-4H3,(H2,28,30,31)(H2,29,33,36). The van der Waals surface area contributed by atoms with E-state index in [1.54, 1.807) is 30.6 Å². The molecule has 4 unspecified atom stereocenters. The molecule has 39 heavy (non-hydrogen) atoms. The van der Waals surface area contributed by atoms with E-state index < -0.39 is 12.0 Å². The minimum Gasteiger partial charge on any atom is -0.382 e. The average Bonchev–Trinajstić information content (AvgIpc) is 3.52. The Hall–Kier alpha value is -3.03. The third-order valence-corrected chi connectivity index (χ3v) is 7.16. The molecule has 2 saturated heterocycles. The van der Waals surface area contributed by atoms with Crippen molar-refractivity contribution in [3.8, 4) is 0 Å². The first-order chi connectivity index (χ1) is 18.6. The normalized spacial score (nSPS) is 24.0. The van der Waals surface area contributed by atoms with Crippen LogP contribution < -0.4 is 16.4 Å². The zero-order chi connectivity index (χ0) is 27.7. The fourth-order valence-corrected chi connectivity index (χ4v) is 5.29. The second-order valence-electron chi connectivity index (χ2n) is 10.5. The number of nitrogens with zero attached hydrogens (tertiary/aromatic N) is 5. The molecule has 1 aromatic carbocycles. The van der Waals surface area contributed by atoms with E-state index in [2.05, 4.69) is 44.3 Å². The number of fused-ring (bicyclic) bond motifs is 2. The highest BCUT2D eigenvalue weighted by atomic mass is 35.5.